The van der Waals surface area contributed by atoms with Gasteiger partial charge in [0.1, 0.15) is 17.3 Å². The van der Waals surface area contributed by atoms with Gasteiger partial charge < -0.3 is 27.4 Å². The summed E-state index contributed by atoms with van der Waals surface area (Å²) >= 11 is 0. The van der Waals surface area contributed by atoms with Crippen LogP contribution in [0.25, 0.3) is 11.5 Å². The highest BCUT2D eigenvalue weighted by atomic mass is 35.5. The summed E-state index contributed by atoms with van der Waals surface area (Å²) in [5, 5.41) is 3.25. The minimum absolute atomic E-state index is 0. The Hall–Kier alpha value is -3.19. The van der Waals surface area contributed by atoms with E-state index < -0.39 is 0 Å². The summed E-state index contributed by atoms with van der Waals surface area (Å²) in [4.78, 5) is 27.8. The van der Waals surface area contributed by atoms with E-state index in [9.17, 15) is 4.79 Å². The van der Waals surface area contributed by atoms with Crippen LogP contribution in [0.15, 0.2) is 54.7 Å². The van der Waals surface area contributed by atoms with Crippen molar-refractivity contribution in [1.82, 2.24) is 15.0 Å². The quantitative estimate of drug-likeness (QED) is 0.523. The van der Waals surface area contributed by atoms with Gasteiger partial charge in [0.05, 0.1) is 13.0 Å². The van der Waals surface area contributed by atoms with Gasteiger partial charge in [0, 0.05) is 31.9 Å². The number of fused-ring (bicyclic) bond motifs is 1. The number of carbonyl (C=O) groups excluding carboxylic acids is 1. The minimum Gasteiger partial charge on any atom is -1.00 e. The predicted octanol–water partition coefficient (Wildman–Crippen LogP) is 0.513. The number of hydrogen-bond acceptors (Lipinski definition) is 7. The Balaban J connectivity index is 0.00000289. The predicted molar refractivity (Wildman–Crippen MR) is 121 cm³/mol. The molecule has 32 heavy (non-hydrogen) atoms. The van der Waals surface area contributed by atoms with E-state index in [-0.39, 0.29) is 24.8 Å². The average molecular weight is 453 g/mol. The fraction of sp³-hybridized carbons (Fsp3) is 0.333. The van der Waals surface area contributed by atoms with E-state index in [1.54, 1.807) is 13.1 Å². The lowest BCUT2D eigenvalue weighted by Crippen LogP contribution is -3.00. The molecule has 1 aliphatic rings. The molecule has 0 unspecified atom stereocenters. The van der Waals surface area contributed by atoms with E-state index in [0.29, 0.717) is 24.8 Å². The van der Waals surface area contributed by atoms with Crippen molar-refractivity contribution in [2.75, 3.05) is 36.5 Å². The molecule has 0 amide bonds. The first-order valence-electron chi connectivity index (χ1n) is 10.7. The molecule has 0 bridgehead atoms. The lowest BCUT2D eigenvalue weighted by molar-refractivity contribution is -0.142. The van der Waals surface area contributed by atoms with Crippen molar-refractivity contribution in [3.63, 3.8) is 0 Å². The van der Waals surface area contributed by atoms with Crippen molar-refractivity contribution >= 4 is 17.6 Å². The van der Waals surface area contributed by atoms with E-state index in [2.05, 4.69) is 44.5 Å². The Morgan fingerprint density at radius 2 is 1.78 bits per heavy atom. The summed E-state index contributed by atoms with van der Waals surface area (Å²) in [5.74, 6) is 1.89. The lowest BCUT2D eigenvalue weighted by atomic mass is 10.0. The van der Waals surface area contributed by atoms with E-state index in [1.165, 1.54) is 11.1 Å². The lowest BCUT2D eigenvalue weighted by Gasteiger charge is -2.22. The van der Waals surface area contributed by atoms with Gasteiger partial charge in [-0.05, 0) is 43.0 Å². The first kappa shape index (κ1) is 23.5. The molecule has 8 heteroatoms. The molecule has 1 N–H and O–H groups in total. The zero-order valence-corrected chi connectivity index (χ0v) is 18.9. The summed E-state index contributed by atoms with van der Waals surface area (Å²) in [6, 6.07) is 16.3. The summed E-state index contributed by atoms with van der Waals surface area (Å²) in [7, 11) is 0. The monoisotopic (exact) mass is 452 g/mol. The summed E-state index contributed by atoms with van der Waals surface area (Å²) in [6.45, 7) is 4.41. The molecule has 168 valence electrons. The third kappa shape index (κ3) is 5.95. The van der Waals surface area contributed by atoms with Crippen LogP contribution < -0.4 is 22.6 Å². The fourth-order valence-corrected chi connectivity index (χ4v) is 3.72. The number of esters is 1. The van der Waals surface area contributed by atoms with Crippen LogP contribution in [0.1, 0.15) is 24.5 Å². The maximum Gasteiger partial charge on any atom is 0.307 e. The van der Waals surface area contributed by atoms with Crippen molar-refractivity contribution in [2.45, 2.75) is 26.2 Å². The second kappa shape index (κ2) is 11.4. The van der Waals surface area contributed by atoms with Gasteiger partial charge in [0.15, 0.2) is 5.82 Å². The number of nitrogens with zero attached hydrogens (tertiary/aromatic N) is 4. The van der Waals surface area contributed by atoms with Crippen molar-refractivity contribution in [3.8, 4) is 11.5 Å². The normalized spacial score (nSPS) is 12.8. The van der Waals surface area contributed by atoms with Crippen molar-refractivity contribution in [1.29, 1.82) is 0 Å². The molecule has 0 saturated heterocycles. The molecule has 0 radical (unpaired) electrons. The highest BCUT2D eigenvalue weighted by Crippen LogP contribution is 2.24. The van der Waals surface area contributed by atoms with Gasteiger partial charge in [-0.1, -0.05) is 30.3 Å². The Kier molecular flexibility index (Phi) is 8.39. The largest absolute Gasteiger partial charge is 1.00 e. The number of nitrogens with one attached hydrogen (secondary N) is 1. The van der Waals surface area contributed by atoms with Crippen LogP contribution >= 0.6 is 0 Å². The minimum atomic E-state index is -0.223. The highest BCUT2D eigenvalue weighted by Gasteiger charge is 2.17. The number of anilines is 2. The van der Waals surface area contributed by atoms with Crippen LogP contribution in [-0.2, 0) is 22.4 Å². The van der Waals surface area contributed by atoms with Gasteiger partial charge >= 0.3 is 5.97 Å². The standard InChI is InChI=1S/C24H27N5O2.ClH/c1-2-31-23(30)10-14-26-21-17-22(28-24(27-21)20-9-5-6-13-25-20)29-15-11-18-7-3-4-8-19(18)12-16-29;/h3-9,13,17H,2,10-12,14-16H2,1H3,(H,26,27,28);1H/p-1. The summed E-state index contributed by atoms with van der Waals surface area (Å²) < 4.78 is 5.01. The Morgan fingerprint density at radius 1 is 1.06 bits per heavy atom. The molecule has 1 aliphatic heterocycles. The molecular weight excluding hydrogens is 426 g/mol. The Morgan fingerprint density at radius 3 is 2.44 bits per heavy atom. The van der Waals surface area contributed by atoms with Crippen LogP contribution in [0.2, 0.25) is 0 Å². The topological polar surface area (TPSA) is 80.2 Å². The van der Waals surface area contributed by atoms with Crippen LogP contribution in [0, 0.1) is 0 Å². The van der Waals surface area contributed by atoms with Gasteiger partial charge in [0.2, 0.25) is 0 Å². The molecule has 0 atom stereocenters. The van der Waals surface area contributed by atoms with E-state index >= 15 is 0 Å². The Bertz CT molecular complexity index is 1000. The molecule has 7 nitrogen and oxygen atoms in total. The maximum absolute atomic E-state index is 11.7. The summed E-state index contributed by atoms with van der Waals surface area (Å²) in [6.07, 6.45) is 3.97. The fourth-order valence-electron chi connectivity index (χ4n) is 3.72. The van der Waals surface area contributed by atoms with Crippen molar-refractivity contribution in [2.24, 2.45) is 0 Å². The van der Waals surface area contributed by atoms with Gasteiger partial charge in [-0.3, -0.25) is 9.78 Å². The zero-order valence-electron chi connectivity index (χ0n) is 18.1. The van der Waals surface area contributed by atoms with Crippen molar-refractivity contribution in [3.05, 3.63) is 65.9 Å². The molecule has 0 spiro atoms. The smallest absolute Gasteiger partial charge is 0.307 e. The first-order valence-corrected chi connectivity index (χ1v) is 10.7. The second-order valence-electron chi connectivity index (χ2n) is 7.39. The Labute approximate surface area is 194 Å². The number of halogens is 1. The molecule has 1 aromatic carbocycles. The van der Waals surface area contributed by atoms with Gasteiger partial charge in [-0.25, -0.2) is 9.97 Å². The average Bonchev–Trinajstić information content (AvgIpc) is 3.02. The zero-order chi connectivity index (χ0) is 21.5. The maximum atomic E-state index is 11.7. The number of ether oxygens (including phenoxy) is 1. The van der Waals surface area contributed by atoms with E-state index in [4.69, 9.17) is 9.72 Å². The third-order valence-electron chi connectivity index (χ3n) is 5.29. The third-order valence-corrected chi connectivity index (χ3v) is 5.29. The van der Waals surface area contributed by atoms with Crippen LogP contribution in [0.4, 0.5) is 11.6 Å². The highest BCUT2D eigenvalue weighted by molar-refractivity contribution is 5.70. The molecule has 4 rings (SSSR count). The van der Waals surface area contributed by atoms with Gasteiger partial charge in [0.25, 0.3) is 0 Å². The number of benzene rings is 1. The van der Waals surface area contributed by atoms with Crippen molar-refractivity contribution < 1.29 is 21.9 Å². The number of pyridine rings is 1. The molecule has 0 fully saturated rings. The SMILES string of the molecule is CCOC(=O)CCNc1cc(N2CCc3ccccc3CC2)nc(-c2ccccn2)n1.[Cl-]. The number of aromatic nitrogens is 3. The number of rotatable bonds is 7. The van der Waals surface area contributed by atoms with Gasteiger partial charge in [-0.15, -0.1) is 0 Å². The molecule has 3 aromatic rings. The van der Waals surface area contributed by atoms with Crippen LogP contribution in [-0.4, -0.2) is 47.2 Å². The van der Waals surface area contributed by atoms with Crippen LogP contribution in [0.5, 0.6) is 0 Å². The number of carbonyl (C=O) groups is 1. The summed E-state index contributed by atoms with van der Waals surface area (Å²) in [5.41, 5.74) is 3.52. The molecule has 3 heterocycles. The van der Waals surface area contributed by atoms with E-state index in [0.717, 1.165) is 37.4 Å². The molecule has 2 aromatic heterocycles. The van der Waals surface area contributed by atoms with Crippen LogP contribution in [0.3, 0.4) is 0 Å². The number of hydrogen-bond donors (Lipinski definition) is 1. The van der Waals surface area contributed by atoms with E-state index in [1.807, 2.05) is 24.3 Å². The molecule has 0 saturated carbocycles. The first-order chi connectivity index (χ1) is 15.2. The van der Waals surface area contributed by atoms with Gasteiger partial charge in [-0.2, -0.15) is 0 Å². The second-order valence-corrected chi connectivity index (χ2v) is 7.39. The molecular formula is C24H27ClN5O2-. The molecule has 0 aliphatic carbocycles.